The first-order valence-electron chi connectivity index (χ1n) is 2.57. The van der Waals surface area contributed by atoms with Gasteiger partial charge in [-0.3, -0.25) is 4.89 Å². The average molecular weight is 142 g/mol. The van der Waals surface area contributed by atoms with Crippen LogP contribution >= 0.6 is 0 Å². The SMILES string of the molecule is CON=CC1=NOOC=C1. The standard InChI is InChI=1S/C5H6N2O3/c1-8-6-4-5-2-3-9-10-7-5/h2-4H,1H3. The fourth-order valence-electron chi connectivity index (χ4n) is 0.391. The van der Waals surface area contributed by atoms with Gasteiger partial charge < -0.3 is 4.84 Å². The summed E-state index contributed by atoms with van der Waals surface area (Å²) < 4.78 is 0. The minimum atomic E-state index is 0.535. The van der Waals surface area contributed by atoms with Crippen LogP contribution in [0, 0.1) is 0 Å². The average Bonchev–Trinajstić information content (AvgIpc) is 2.03. The molecule has 1 heterocycles. The summed E-state index contributed by atoms with van der Waals surface area (Å²) in [4.78, 5) is 12.9. The molecule has 5 heteroatoms. The smallest absolute Gasteiger partial charge is 0.147 e. The highest BCUT2D eigenvalue weighted by atomic mass is 17.3. The van der Waals surface area contributed by atoms with Crippen molar-refractivity contribution in [1.82, 2.24) is 0 Å². The predicted molar refractivity (Wildman–Crippen MR) is 34.2 cm³/mol. The first-order chi connectivity index (χ1) is 4.93. The Kier molecular flexibility index (Phi) is 2.31. The van der Waals surface area contributed by atoms with Gasteiger partial charge in [-0.25, -0.2) is 0 Å². The fourth-order valence-corrected chi connectivity index (χ4v) is 0.391. The fraction of sp³-hybridized carbons (Fsp3) is 0.200. The van der Waals surface area contributed by atoms with Gasteiger partial charge >= 0.3 is 0 Å². The summed E-state index contributed by atoms with van der Waals surface area (Å²) in [5.74, 6) is 0. The normalized spacial score (nSPS) is 15.9. The lowest BCUT2D eigenvalue weighted by molar-refractivity contribution is -0.251. The molecule has 0 aromatic rings. The molecule has 0 bridgehead atoms. The van der Waals surface area contributed by atoms with E-state index in [0.717, 1.165) is 0 Å². The number of hydrogen-bond donors (Lipinski definition) is 0. The molecular formula is C5H6N2O3. The highest BCUT2D eigenvalue weighted by Gasteiger charge is 1.95. The lowest BCUT2D eigenvalue weighted by Crippen LogP contribution is -2.01. The first kappa shape index (κ1) is 6.60. The molecule has 0 N–H and O–H groups in total. The summed E-state index contributed by atoms with van der Waals surface area (Å²) in [6.45, 7) is 0. The first-order valence-corrected chi connectivity index (χ1v) is 2.57. The van der Waals surface area contributed by atoms with E-state index in [2.05, 4.69) is 25.0 Å². The summed E-state index contributed by atoms with van der Waals surface area (Å²) in [6.07, 6.45) is 4.34. The van der Waals surface area contributed by atoms with Crippen molar-refractivity contribution in [2.75, 3.05) is 7.11 Å². The molecule has 0 amide bonds. The Labute approximate surface area is 57.5 Å². The third kappa shape index (κ3) is 1.77. The second-order valence-corrected chi connectivity index (χ2v) is 1.41. The molecule has 0 aliphatic carbocycles. The molecule has 54 valence electrons. The second kappa shape index (κ2) is 3.49. The van der Waals surface area contributed by atoms with Gasteiger partial charge in [-0.2, -0.15) is 4.99 Å². The molecule has 0 radical (unpaired) electrons. The number of allylic oxidation sites excluding steroid dienone is 1. The van der Waals surface area contributed by atoms with E-state index in [1.807, 2.05) is 0 Å². The zero-order valence-electron chi connectivity index (χ0n) is 5.35. The molecule has 0 saturated heterocycles. The largest absolute Gasteiger partial charge is 0.399 e. The van der Waals surface area contributed by atoms with Gasteiger partial charge in [0.2, 0.25) is 0 Å². The zero-order valence-corrected chi connectivity index (χ0v) is 5.35. The van der Waals surface area contributed by atoms with E-state index >= 15 is 0 Å². The number of nitrogens with zero attached hydrogens (tertiary/aromatic N) is 2. The maximum atomic E-state index is 4.40. The van der Waals surface area contributed by atoms with Gasteiger partial charge in [-0.05, 0) is 5.16 Å². The highest BCUT2D eigenvalue weighted by Crippen LogP contribution is 1.92. The minimum Gasteiger partial charge on any atom is -0.399 e. The molecule has 0 unspecified atom stereocenters. The van der Waals surface area contributed by atoms with E-state index < -0.39 is 0 Å². The van der Waals surface area contributed by atoms with Crippen LogP contribution in [-0.4, -0.2) is 19.0 Å². The van der Waals surface area contributed by atoms with E-state index in [4.69, 9.17) is 0 Å². The molecule has 1 rings (SSSR count). The van der Waals surface area contributed by atoms with Crippen LogP contribution in [0.1, 0.15) is 0 Å². The van der Waals surface area contributed by atoms with Gasteiger partial charge in [0.05, 0.1) is 6.21 Å². The molecule has 0 atom stereocenters. The molecule has 0 fully saturated rings. The van der Waals surface area contributed by atoms with Crippen LogP contribution in [0.2, 0.25) is 0 Å². The Bertz CT molecular complexity index is 185. The van der Waals surface area contributed by atoms with Crippen LogP contribution in [0.3, 0.4) is 0 Å². The van der Waals surface area contributed by atoms with Crippen molar-refractivity contribution in [2.45, 2.75) is 0 Å². The Balaban J connectivity index is 2.47. The van der Waals surface area contributed by atoms with Gasteiger partial charge in [0, 0.05) is 6.08 Å². The Morgan fingerprint density at radius 1 is 1.80 bits per heavy atom. The monoisotopic (exact) mass is 142 g/mol. The van der Waals surface area contributed by atoms with Crippen molar-refractivity contribution in [1.29, 1.82) is 0 Å². The van der Waals surface area contributed by atoms with Crippen LogP contribution in [0.25, 0.3) is 0 Å². The second-order valence-electron chi connectivity index (χ2n) is 1.41. The topological polar surface area (TPSA) is 52.4 Å². The molecule has 0 aromatic heterocycles. The Morgan fingerprint density at radius 3 is 3.30 bits per heavy atom. The molecule has 0 saturated carbocycles. The molecule has 1 aliphatic heterocycles. The zero-order chi connectivity index (χ0) is 7.23. The number of hydrogen-bond acceptors (Lipinski definition) is 5. The summed E-state index contributed by atoms with van der Waals surface area (Å²) in [5, 5.41) is 6.90. The molecular weight excluding hydrogens is 136 g/mol. The van der Waals surface area contributed by atoms with Crippen LogP contribution in [-0.2, 0) is 14.7 Å². The number of rotatable bonds is 2. The molecule has 0 spiro atoms. The van der Waals surface area contributed by atoms with Gasteiger partial charge in [0.1, 0.15) is 19.1 Å². The minimum absolute atomic E-state index is 0.535. The Hall–Kier alpha value is -1.52. The van der Waals surface area contributed by atoms with Crippen LogP contribution in [0.5, 0.6) is 0 Å². The molecule has 1 aliphatic rings. The maximum absolute atomic E-state index is 4.40. The Morgan fingerprint density at radius 2 is 2.70 bits per heavy atom. The third-order valence-electron chi connectivity index (χ3n) is 0.770. The molecule has 5 nitrogen and oxygen atoms in total. The summed E-state index contributed by atoms with van der Waals surface area (Å²) >= 11 is 0. The highest BCUT2D eigenvalue weighted by molar-refractivity contribution is 6.35. The van der Waals surface area contributed by atoms with E-state index in [9.17, 15) is 0 Å². The molecule has 0 aromatic carbocycles. The van der Waals surface area contributed by atoms with E-state index in [1.165, 1.54) is 19.6 Å². The van der Waals surface area contributed by atoms with Gasteiger partial charge in [-0.15, -0.1) is 0 Å². The van der Waals surface area contributed by atoms with Crippen molar-refractivity contribution < 1.29 is 14.7 Å². The quantitative estimate of drug-likeness (QED) is 0.319. The van der Waals surface area contributed by atoms with Gasteiger partial charge in [-0.1, -0.05) is 5.16 Å². The number of oxime groups is 2. The summed E-state index contributed by atoms with van der Waals surface area (Å²) in [5.41, 5.74) is 0.535. The summed E-state index contributed by atoms with van der Waals surface area (Å²) in [6, 6.07) is 0. The predicted octanol–water partition coefficient (Wildman–Crippen LogP) is 0.450. The van der Waals surface area contributed by atoms with Crippen LogP contribution in [0.4, 0.5) is 0 Å². The third-order valence-corrected chi connectivity index (χ3v) is 0.770. The molecule has 10 heavy (non-hydrogen) atoms. The van der Waals surface area contributed by atoms with Crippen LogP contribution in [0.15, 0.2) is 22.6 Å². The lowest BCUT2D eigenvalue weighted by atomic mass is 10.4. The van der Waals surface area contributed by atoms with E-state index in [1.54, 1.807) is 6.08 Å². The van der Waals surface area contributed by atoms with E-state index in [-0.39, 0.29) is 0 Å². The van der Waals surface area contributed by atoms with Crippen molar-refractivity contribution in [3.8, 4) is 0 Å². The van der Waals surface area contributed by atoms with E-state index in [0.29, 0.717) is 5.71 Å². The van der Waals surface area contributed by atoms with Crippen LogP contribution < -0.4 is 0 Å². The van der Waals surface area contributed by atoms with Crippen molar-refractivity contribution in [3.63, 3.8) is 0 Å². The lowest BCUT2D eigenvalue weighted by Gasteiger charge is -1.98. The van der Waals surface area contributed by atoms with Gasteiger partial charge in [0.25, 0.3) is 0 Å². The van der Waals surface area contributed by atoms with Crippen molar-refractivity contribution >= 4 is 11.9 Å². The van der Waals surface area contributed by atoms with Crippen molar-refractivity contribution in [3.05, 3.63) is 12.3 Å². The van der Waals surface area contributed by atoms with Gasteiger partial charge in [0.15, 0.2) is 0 Å². The summed E-state index contributed by atoms with van der Waals surface area (Å²) in [7, 11) is 1.45. The van der Waals surface area contributed by atoms with Crippen molar-refractivity contribution in [2.24, 2.45) is 10.3 Å². The maximum Gasteiger partial charge on any atom is 0.147 e.